The molecule has 4 nitrogen and oxygen atoms in total. The Morgan fingerprint density at radius 1 is 1.75 bits per heavy atom. The fourth-order valence-corrected chi connectivity index (χ4v) is 0.807. The van der Waals surface area contributed by atoms with Crippen LogP contribution in [0.15, 0.2) is 18.3 Å². The lowest BCUT2D eigenvalue weighted by atomic mass is 10.4. The minimum absolute atomic E-state index is 0.239. The van der Waals surface area contributed by atoms with Crippen molar-refractivity contribution in [2.75, 3.05) is 12.4 Å². The zero-order valence-corrected chi connectivity index (χ0v) is 7.13. The Kier molecular flexibility index (Phi) is 2.88. The molecule has 0 aliphatic carbocycles. The van der Waals surface area contributed by atoms with Crippen LogP contribution in [0, 0.1) is 0 Å². The number of ether oxygens (including phenoxy) is 1. The van der Waals surface area contributed by atoms with E-state index in [1.165, 1.54) is 13.3 Å². The third-order valence-electron chi connectivity index (χ3n) is 1.18. The number of anilines is 1. The predicted molar refractivity (Wildman–Crippen MR) is 45.3 cm³/mol. The SMILES string of the molecule is COC(=O)Nc1cccnc1Cl. The minimum Gasteiger partial charge on any atom is -0.453 e. The summed E-state index contributed by atoms with van der Waals surface area (Å²) in [5.41, 5.74) is 0.436. The molecule has 1 rings (SSSR count). The van der Waals surface area contributed by atoms with Gasteiger partial charge in [0.15, 0.2) is 5.15 Å². The van der Waals surface area contributed by atoms with E-state index in [1.54, 1.807) is 12.1 Å². The molecule has 0 unspecified atom stereocenters. The van der Waals surface area contributed by atoms with Gasteiger partial charge in [0, 0.05) is 6.20 Å². The Morgan fingerprint density at radius 3 is 3.08 bits per heavy atom. The van der Waals surface area contributed by atoms with E-state index < -0.39 is 6.09 Å². The van der Waals surface area contributed by atoms with Crippen molar-refractivity contribution >= 4 is 23.4 Å². The van der Waals surface area contributed by atoms with Crippen LogP contribution in [0.2, 0.25) is 5.15 Å². The number of hydrogen-bond acceptors (Lipinski definition) is 3. The third-order valence-corrected chi connectivity index (χ3v) is 1.48. The number of carbonyl (C=O) groups is 1. The fraction of sp³-hybridized carbons (Fsp3) is 0.143. The van der Waals surface area contributed by atoms with Gasteiger partial charge in [0.1, 0.15) is 0 Å². The quantitative estimate of drug-likeness (QED) is 0.682. The van der Waals surface area contributed by atoms with Crippen LogP contribution in [0.5, 0.6) is 0 Å². The van der Waals surface area contributed by atoms with Gasteiger partial charge in [0.25, 0.3) is 0 Å². The molecule has 0 fully saturated rings. The van der Waals surface area contributed by atoms with E-state index in [-0.39, 0.29) is 5.15 Å². The van der Waals surface area contributed by atoms with Crippen LogP contribution in [0.25, 0.3) is 0 Å². The Labute approximate surface area is 74.5 Å². The maximum absolute atomic E-state index is 10.7. The maximum Gasteiger partial charge on any atom is 0.411 e. The van der Waals surface area contributed by atoms with Gasteiger partial charge in [-0.15, -0.1) is 0 Å². The molecule has 0 aliphatic heterocycles. The lowest BCUT2D eigenvalue weighted by Crippen LogP contribution is -2.11. The normalized spacial score (nSPS) is 9.17. The second kappa shape index (κ2) is 3.92. The first kappa shape index (κ1) is 8.80. The summed E-state index contributed by atoms with van der Waals surface area (Å²) in [6.45, 7) is 0. The van der Waals surface area contributed by atoms with Gasteiger partial charge in [-0.05, 0) is 12.1 Å². The topological polar surface area (TPSA) is 51.2 Å². The van der Waals surface area contributed by atoms with Crippen LogP contribution in [0.4, 0.5) is 10.5 Å². The Hall–Kier alpha value is -1.29. The molecule has 1 heterocycles. The molecule has 12 heavy (non-hydrogen) atoms. The molecule has 0 saturated heterocycles. The van der Waals surface area contributed by atoms with Gasteiger partial charge in [0.2, 0.25) is 0 Å². The molecule has 0 aliphatic rings. The van der Waals surface area contributed by atoms with Gasteiger partial charge in [0.05, 0.1) is 12.8 Å². The van der Waals surface area contributed by atoms with Crippen LogP contribution in [-0.4, -0.2) is 18.2 Å². The molecular weight excluding hydrogens is 180 g/mol. The second-order valence-electron chi connectivity index (χ2n) is 1.96. The molecule has 0 spiro atoms. The Balaban J connectivity index is 2.75. The summed E-state index contributed by atoms with van der Waals surface area (Å²) in [5.74, 6) is 0. The third kappa shape index (κ3) is 2.10. The van der Waals surface area contributed by atoms with Crippen LogP contribution in [-0.2, 0) is 4.74 Å². The summed E-state index contributed by atoms with van der Waals surface area (Å²) >= 11 is 5.64. The molecule has 0 radical (unpaired) electrons. The molecule has 1 aromatic heterocycles. The molecule has 5 heteroatoms. The molecule has 0 atom stereocenters. The predicted octanol–water partition coefficient (Wildman–Crippen LogP) is 1.91. The zero-order valence-electron chi connectivity index (χ0n) is 6.37. The van der Waals surface area contributed by atoms with Crippen molar-refractivity contribution in [2.45, 2.75) is 0 Å². The monoisotopic (exact) mass is 186 g/mol. The van der Waals surface area contributed by atoms with Gasteiger partial charge in [-0.1, -0.05) is 11.6 Å². The summed E-state index contributed by atoms with van der Waals surface area (Å²) in [7, 11) is 1.28. The number of nitrogens with one attached hydrogen (secondary N) is 1. The van der Waals surface area contributed by atoms with Crippen molar-refractivity contribution in [2.24, 2.45) is 0 Å². The second-order valence-corrected chi connectivity index (χ2v) is 2.32. The molecule has 1 aromatic rings. The lowest BCUT2D eigenvalue weighted by molar-refractivity contribution is 0.187. The van der Waals surface area contributed by atoms with Crippen LogP contribution >= 0.6 is 11.6 Å². The number of rotatable bonds is 1. The molecule has 0 saturated carbocycles. The highest BCUT2D eigenvalue weighted by Crippen LogP contribution is 2.17. The molecular formula is C7H7ClN2O2. The van der Waals surface area contributed by atoms with E-state index in [2.05, 4.69) is 15.0 Å². The lowest BCUT2D eigenvalue weighted by Gasteiger charge is -2.03. The van der Waals surface area contributed by atoms with Crippen molar-refractivity contribution in [3.63, 3.8) is 0 Å². The average Bonchev–Trinajstić information content (AvgIpc) is 2.09. The van der Waals surface area contributed by atoms with Crippen LogP contribution in [0.1, 0.15) is 0 Å². The van der Waals surface area contributed by atoms with Crippen molar-refractivity contribution in [1.29, 1.82) is 0 Å². The van der Waals surface area contributed by atoms with E-state index in [1.807, 2.05) is 0 Å². The van der Waals surface area contributed by atoms with E-state index in [0.717, 1.165) is 0 Å². The van der Waals surface area contributed by atoms with Gasteiger partial charge in [-0.3, -0.25) is 5.32 Å². The number of methoxy groups -OCH3 is 1. The van der Waals surface area contributed by atoms with Crippen molar-refractivity contribution in [3.8, 4) is 0 Å². The summed E-state index contributed by atoms with van der Waals surface area (Å²) < 4.78 is 4.37. The zero-order chi connectivity index (χ0) is 8.97. The summed E-state index contributed by atoms with van der Waals surface area (Å²) in [5, 5.41) is 2.64. The number of hydrogen-bond donors (Lipinski definition) is 1. The minimum atomic E-state index is -0.565. The summed E-state index contributed by atoms with van der Waals surface area (Å²) in [6.07, 6.45) is 0.968. The standard InChI is InChI=1S/C7H7ClN2O2/c1-12-7(11)10-5-3-2-4-9-6(5)8/h2-4H,1H3,(H,10,11). The molecule has 64 valence electrons. The van der Waals surface area contributed by atoms with Crippen LogP contribution < -0.4 is 5.32 Å². The first-order valence-corrected chi connectivity index (χ1v) is 3.57. The highest BCUT2D eigenvalue weighted by molar-refractivity contribution is 6.32. The van der Waals surface area contributed by atoms with Gasteiger partial charge in [-0.25, -0.2) is 9.78 Å². The van der Waals surface area contributed by atoms with E-state index in [4.69, 9.17) is 11.6 Å². The largest absolute Gasteiger partial charge is 0.453 e. The number of aromatic nitrogens is 1. The van der Waals surface area contributed by atoms with E-state index >= 15 is 0 Å². The molecule has 0 bridgehead atoms. The number of nitrogens with zero attached hydrogens (tertiary/aromatic N) is 1. The van der Waals surface area contributed by atoms with Gasteiger partial charge in [-0.2, -0.15) is 0 Å². The number of halogens is 1. The number of carbonyl (C=O) groups excluding carboxylic acids is 1. The van der Waals surface area contributed by atoms with Gasteiger partial charge < -0.3 is 4.74 Å². The Bertz CT molecular complexity index is 290. The van der Waals surface area contributed by atoms with E-state index in [9.17, 15) is 4.79 Å². The molecule has 1 N–H and O–H groups in total. The highest BCUT2D eigenvalue weighted by Gasteiger charge is 2.03. The fourth-order valence-electron chi connectivity index (χ4n) is 0.640. The summed E-state index contributed by atoms with van der Waals surface area (Å²) in [4.78, 5) is 14.5. The number of amides is 1. The van der Waals surface area contributed by atoms with E-state index in [0.29, 0.717) is 5.69 Å². The average molecular weight is 187 g/mol. The smallest absolute Gasteiger partial charge is 0.411 e. The molecule has 0 aromatic carbocycles. The number of pyridine rings is 1. The van der Waals surface area contributed by atoms with Crippen molar-refractivity contribution in [1.82, 2.24) is 4.98 Å². The Morgan fingerprint density at radius 2 is 2.50 bits per heavy atom. The maximum atomic E-state index is 10.7. The highest BCUT2D eigenvalue weighted by atomic mass is 35.5. The summed E-state index contributed by atoms with van der Waals surface area (Å²) in [6, 6.07) is 3.30. The molecule has 1 amide bonds. The van der Waals surface area contributed by atoms with Gasteiger partial charge >= 0.3 is 6.09 Å². The van der Waals surface area contributed by atoms with Crippen molar-refractivity contribution < 1.29 is 9.53 Å². The van der Waals surface area contributed by atoms with Crippen molar-refractivity contribution in [3.05, 3.63) is 23.5 Å². The first-order chi connectivity index (χ1) is 5.74. The van der Waals surface area contributed by atoms with Crippen LogP contribution in [0.3, 0.4) is 0 Å². The first-order valence-electron chi connectivity index (χ1n) is 3.19.